The Balaban J connectivity index is 1.74. The third kappa shape index (κ3) is 5.52. The second-order valence-corrected chi connectivity index (χ2v) is 14.3. The molecule has 0 heterocycles. The zero-order valence-electron chi connectivity index (χ0n) is 26.8. The molecule has 0 saturated heterocycles. The molecule has 5 aromatic carbocycles. The lowest BCUT2D eigenvalue weighted by atomic mass is 9.89. The van der Waals surface area contributed by atoms with Crippen LogP contribution in [0, 0.1) is 41.5 Å². The van der Waals surface area contributed by atoms with E-state index in [1.165, 1.54) is 12.1 Å². The average molecular weight is 627 g/mol. The van der Waals surface area contributed by atoms with Crippen molar-refractivity contribution in [1.29, 1.82) is 0 Å². The van der Waals surface area contributed by atoms with E-state index in [-0.39, 0.29) is 28.0 Å². The van der Waals surface area contributed by atoms with Crippen molar-refractivity contribution >= 4 is 35.1 Å². The lowest BCUT2D eigenvalue weighted by molar-refractivity contribution is 0.102. The standard InChI is InChI=1S/C40H35O5P/c1-24-22-26(3)35(28(5)33(24)37(41)30-16-10-7-11-17-30)39(43)46(45,32-20-14-9-15-21-32)40(44)36-27(4)23-25(2)34(29(36)6)38(42)31-18-12-8-13-19-31/h7-23H,1-6H3. The van der Waals surface area contributed by atoms with Crippen LogP contribution in [0.25, 0.3) is 0 Å². The minimum absolute atomic E-state index is 0.0911. The molecule has 5 aromatic rings. The van der Waals surface area contributed by atoms with Crippen molar-refractivity contribution in [2.75, 3.05) is 0 Å². The van der Waals surface area contributed by atoms with Gasteiger partial charge < -0.3 is 4.57 Å². The van der Waals surface area contributed by atoms with E-state index in [0.29, 0.717) is 55.6 Å². The third-order valence-corrected chi connectivity index (χ3v) is 11.2. The van der Waals surface area contributed by atoms with E-state index in [9.17, 15) is 19.2 Å². The molecular formula is C40H35O5P. The largest absolute Gasteiger partial charge is 0.302 e. The Labute approximate surface area is 269 Å². The molecule has 0 spiro atoms. The lowest BCUT2D eigenvalue weighted by Gasteiger charge is -2.23. The molecule has 46 heavy (non-hydrogen) atoms. The fourth-order valence-corrected chi connectivity index (χ4v) is 9.04. The normalized spacial score (nSPS) is 11.3. The zero-order valence-corrected chi connectivity index (χ0v) is 27.7. The van der Waals surface area contributed by atoms with Gasteiger partial charge in [-0.1, -0.05) is 103 Å². The topological polar surface area (TPSA) is 85.3 Å². The predicted molar refractivity (Wildman–Crippen MR) is 183 cm³/mol. The van der Waals surface area contributed by atoms with Crippen molar-refractivity contribution in [3.8, 4) is 0 Å². The summed E-state index contributed by atoms with van der Waals surface area (Å²) in [7, 11) is -4.58. The van der Waals surface area contributed by atoms with Gasteiger partial charge in [0.1, 0.15) is 0 Å². The quantitative estimate of drug-likeness (QED) is 0.121. The molecule has 0 aliphatic rings. The van der Waals surface area contributed by atoms with Gasteiger partial charge in [0.25, 0.3) is 0 Å². The molecule has 0 bridgehead atoms. The maximum absolute atomic E-state index is 15.4. The molecule has 0 saturated carbocycles. The minimum Gasteiger partial charge on any atom is -0.302 e. The molecule has 5 rings (SSSR count). The highest BCUT2D eigenvalue weighted by atomic mass is 31.2. The Bertz CT molecular complexity index is 1950. The fourth-order valence-electron chi connectivity index (χ4n) is 6.48. The van der Waals surface area contributed by atoms with Crippen molar-refractivity contribution in [2.24, 2.45) is 0 Å². The molecule has 0 aliphatic carbocycles. The van der Waals surface area contributed by atoms with Crippen LogP contribution in [0.3, 0.4) is 0 Å². The number of carbonyl (C=O) groups excluding carboxylic acids is 4. The van der Waals surface area contributed by atoms with Crippen LogP contribution in [0.15, 0.2) is 103 Å². The first kappa shape index (κ1) is 32.4. The Kier molecular flexibility index (Phi) is 9.01. The molecule has 0 atom stereocenters. The molecule has 0 fully saturated rings. The van der Waals surface area contributed by atoms with Crippen molar-refractivity contribution < 1.29 is 23.7 Å². The number of hydrogen-bond acceptors (Lipinski definition) is 5. The molecular weight excluding hydrogens is 591 g/mol. The van der Waals surface area contributed by atoms with Crippen molar-refractivity contribution in [3.05, 3.63) is 170 Å². The molecule has 0 aromatic heterocycles. The Morgan fingerprint density at radius 1 is 0.435 bits per heavy atom. The number of hydrogen-bond donors (Lipinski definition) is 0. The summed E-state index contributed by atoms with van der Waals surface area (Å²) in [6.07, 6.45) is 0. The first-order valence-corrected chi connectivity index (χ1v) is 16.8. The van der Waals surface area contributed by atoms with Gasteiger partial charge in [-0.15, -0.1) is 0 Å². The minimum atomic E-state index is -4.58. The summed E-state index contributed by atoms with van der Waals surface area (Å²) in [5.41, 5.74) is 3.24. The van der Waals surface area contributed by atoms with E-state index >= 15 is 4.57 Å². The summed E-state index contributed by atoms with van der Waals surface area (Å²) in [6.45, 7) is 10.4. The number of carbonyl (C=O) groups is 4. The van der Waals surface area contributed by atoms with Crippen molar-refractivity contribution in [2.45, 2.75) is 41.5 Å². The fraction of sp³-hybridized carbons (Fsp3) is 0.150. The highest BCUT2D eigenvalue weighted by Gasteiger charge is 2.45. The van der Waals surface area contributed by atoms with Gasteiger partial charge in [-0.05, 0) is 74.9 Å². The van der Waals surface area contributed by atoms with Gasteiger partial charge in [0.2, 0.25) is 18.2 Å². The lowest BCUT2D eigenvalue weighted by Crippen LogP contribution is -2.24. The first-order chi connectivity index (χ1) is 21.9. The number of aryl methyl sites for hydroxylation is 4. The van der Waals surface area contributed by atoms with Crippen LogP contribution in [-0.2, 0) is 4.57 Å². The van der Waals surface area contributed by atoms with E-state index < -0.39 is 18.2 Å². The summed E-state index contributed by atoms with van der Waals surface area (Å²) in [5.74, 6) is -0.528. The van der Waals surface area contributed by atoms with Gasteiger partial charge in [-0.25, -0.2) is 0 Å². The molecule has 5 nitrogen and oxygen atoms in total. The molecule has 0 aliphatic heterocycles. The number of rotatable bonds is 9. The van der Waals surface area contributed by atoms with Crippen LogP contribution in [0.1, 0.15) is 85.9 Å². The van der Waals surface area contributed by atoms with Gasteiger partial charge in [-0.3, -0.25) is 19.2 Å². The smallest absolute Gasteiger partial charge is 0.248 e. The molecule has 0 amide bonds. The van der Waals surface area contributed by atoms with Crippen LogP contribution in [-0.4, -0.2) is 22.6 Å². The molecule has 6 heteroatoms. The van der Waals surface area contributed by atoms with Crippen LogP contribution >= 0.6 is 7.14 Å². The summed E-state index contributed by atoms with van der Waals surface area (Å²) in [4.78, 5) is 57.0. The molecule has 0 N–H and O–H groups in total. The van der Waals surface area contributed by atoms with Gasteiger partial charge in [0.05, 0.1) is 0 Å². The highest BCUT2D eigenvalue weighted by molar-refractivity contribution is 8.01. The second kappa shape index (κ2) is 12.8. The molecule has 0 radical (unpaired) electrons. The predicted octanol–water partition coefficient (Wildman–Crippen LogP) is 8.67. The van der Waals surface area contributed by atoms with Crippen LogP contribution in [0.2, 0.25) is 0 Å². The Hall–Kier alpha value is -4.99. The Morgan fingerprint density at radius 3 is 1.09 bits per heavy atom. The SMILES string of the molecule is Cc1cc(C)c(C(=O)P(=O)(C(=O)c2c(C)cc(C)c(C(=O)c3ccccc3)c2C)c2ccccc2)c(C)c1C(=O)c1ccccc1. The highest BCUT2D eigenvalue weighted by Crippen LogP contribution is 2.53. The second-order valence-electron chi connectivity index (χ2n) is 11.7. The molecule has 0 unspecified atom stereocenters. The first-order valence-electron chi connectivity index (χ1n) is 15.1. The van der Waals surface area contributed by atoms with Gasteiger partial charge >= 0.3 is 0 Å². The van der Waals surface area contributed by atoms with Gasteiger partial charge in [-0.2, -0.15) is 0 Å². The number of ketones is 2. The van der Waals surface area contributed by atoms with E-state index in [1.807, 2.05) is 12.1 Å². The van der Waals surface area contributed by atoms with Crippen LogP contribution in [0.4, 0.5) is 0 Å². The summed E-state index contributed by atoms with van der Waals surface area (Å²) in [6, 6.07) is 29.0. The van der Waals surface area contributed by atoms with Crippen LogP contribution in [0.5, 0.6) is 0 Å². The summed E-state index contributed by atoms with van der Waals surface area (Å²) >= 11 is 0. The molecule has 230 valence electrons. The maximum atomic E-state index is 15.4. The monoisotopic (exact) mass is 626 g/mol. The van der Waals surface area contributed by atoms with E-state index in [0.717, 1.165) is 0 Å². The Morgan fingerprint density at radius 2 is 0.739 bits per heavy atom. The van der Waals surface area contributed by atoms with Crippen molar-refractivity contribution in [1.82, 2.24) is 0 Å². The van der Waals surface area contributed by atoms with E-state index in [4.69, 9.17) is 0 Å². The van der Waals surface area contributed by atoms with Gasteiger partial charge in [0.15, 0.2) is 11.6 Å². The van der Waals surface area contributed by atoms with Crippen LogP contribution < -0.4 is 5.30 Å². The van der Waals surface area contributed by atoms with Crippen molar-refractivity contribution in [3.63, 3.8) is 0 Å². The van der Waals surface area contributed by atoms with Gasteiger partial charge in [0, 0.05) is 38.7 Å². The summed E-state index contributed by atoms with van der Waals surface area (Å²) in [5, 5.41) is 0.0932. The number of benzene rings is 5. The zero-order chi connectivity index (χ0) is 33.3. The maximum Gasteiger partial charge on any atom is 0.248 e. The van der Waals surface area contributed by atoms with E-state index in [1.54, 1.807) is 120 Å². The third-order valence-electron chi connectivity index (χ3n) is 8.59. The average Bonchev–Trinajstić information content (AvgIpc) is 3.04. The van der Waals surface area contributed by atoms with E-state index in [2.05, 4.69) is 0 Å². The summed E-state index contributed by atoms with van der Waals surface area (Å²) < 4.78 is 15.4.